The summed E-state index contributed by atoms with van der Waals surface area (Å²) in [7, 11) is 0. The summed E-state index contributed by atoms with van der Waals surface area (Å²) in [5.74, 6) is 1.31. The van der Waals surface area contributed by atoms with Gasteiger partial charge in [0.1, 0.15) is 0 Å². The van der Waals surface area contributed by atoms with Crippen LogP contribution in [0.25, 0.3) is 0 Å². The van der Waals surface area contributed by atoms with Gasteiger partial charge in [0, 0.05) is 26.1 Å². The maximum atomic E-state index is 5.66. The number of rotatable bonds is 18. The topological polar surface area (TPSA) is 41.6 Å². The zero-order valence-electron chi connectivity index (χ0n) is 17.6. The summed E-state index contributed by atoms with van der Waals surface area (Å²) in [6.45, 7) is 6.06. The van der Waals surface area contributed by atoms with Gasteiger partial charge in [0.25, 0.3) is 0 Å². The van der Waals surface area contributed by atoms with E-state index in [4.69, 9.17) is 5.73 Å². The van der Waals surface area contributed by atoms with Crippen LogP contribution in [0.15, 0.2) is 17.1 Å². The molecule has 152 valence electrons. The number of allylic oxidation sites excluding steroid dienone is 2. The van der Waals surface area contributed by atoms with E-state index < -0.39 is 0 Å². The molecule has 0 aromatic carbocycles. The average molecular weight is 364 g/mol. The predicted molar refractivity (Wildman–Crippen MR) is 117 cm³/mol. The van der Waals surface area contributed by atoms with Crippen LogP contribution in [-0.4, -0.2) is 36.9 Å². The van der Waals surface area contributed by atoms with Crippen LogP contribution in [0.1, 0.15) is 103 Å². The number of hydrogen-bond acceptors (Lipinski definition) is 3. The van der Waals surface area contributed by atoms with E-state index in [9.17, 15) is 0 Å². The standard InChI is InChI=1S/C23H45N3/c1-2-3-4-5-6-7-8-9-10-11-12-13-14-15-16-17-18-23-25-20-22-26(23)21-19-24/h9-10H,2-8,11-22,24H2,1H3/b10-9-. The van der Waals surface area contributed by atoms with E-state index in [0.717, 1.165) is 32.6 Å². The van der Waals surface area contributed by atoms with Gasteiger partial charge in [0.15, 0.2) is 0 Å². The van der Waals surface area contributed by atoms with E-state index in [1.54, 1.807) is 0 Å². The summed E-state index contributed by atoms with van der Waals surface area (Å²) in [6.07, 6.45) is 25.1. The van der Waals surface area contributed by atoms with Crippen molar-refractivity contribution >= 4 is 5.84 Å². The third-order valence-corrected chi connectivity index (χ3v) is 5.34. The molecule has 3 nitrogen and oxygen atoms in total. The van der Waals surface area contributed by atoms with Gasteiger partial charge in [-0.05, 0) is 32.1 Å². The molecule has 0 spiro atoms. The third-order valence-electron chi connectivity index (χ3n) is 5.34. The summed E-state index contributed by atoms with van der Waals surface area (Å²) in [5.41, 5.74) is 5.66. The monoisotopic (exact) mass is 363 g/mol. The summed E-state index contributed by atoms with van der Waals surface area (Å²) >= 11 is 0. The Morgan fingerprint density at radius 1 is 0.846 bits per heavy atom. The molecule has 2 N–H and O–H groups in total. The van der Waals surface area contributed by atoms with E-state index in [-0.39, 0.29) is 0 Å². The molecule has 0 saturated heterocycles. The molecule has 26 heavy (non-hydrogen) atoms. The highest BCUT2D eigenvalue weighted by molar-refractivity contribution is 5.83. The maximum Gasteiger partial charge on any atom is 0.0990 e. The zero-order chi connectivity index (χ0) is 18.7. The molecule has 3 heteroatoms. The van der Waals surface area contributed by atoms with Crippen LogP contribution in [0.2, 0.25) is 0 Å². The molecular weight excluding hydrogens is 318 g/mol. The summed E-state index contributed by atoms with van der Waals surface area (Å²) in [5, 5.41) is 0. The molecule has 0 fully saturated rings. The van der Waals surface area contributed by atoms with E-state index in [0.29, 0.717) is 0 Å². The predicted octanol–water partition coefficient (Wildman–Crippen LogP) is 6.09. The molecule has 0 amide bonds. The molecule has 0 radical (unpaired) electrons. The normalized spacial score (nSPS) is 14.5. The van der Waals surface area contributed by atoms with Gasteiger partial charge in [-0.15, -0.1) is 0 Å². The van der Waals surface area contributed by atoms with E-state index >= 15 is 0 Å². The molecule has 1 aliphatic heterocycles. The lowest BCUT2D eigenvalue weighted by molar-refractivity contribution is 0.456. The molecule has 1 heterocycles. The maximum absolute atomic E-state index is 5.66. The zero-order valence-corrected chi connectivity index (χ0v) is 17.6. The van der Waals surface area contributed by atoms with Crippen LogP contribution in [-0.2, 0) is 0 Å². The number of amidine groups is 1. The second-order valence-corrected chi connectivity index (χ2v) is 7.76. The summed E-state index contributed by atoms with van der Waals surface area (Å²) < 4.78 is 0. The van der Waals surface area contributed by atoms with Gasteiger partial charge >= 0.3 is 0 Å². The first-order valence-corrected chi connectivity index (χ1v) is 11.5. The Balaban J connectivity index is 1.80. The minimum Gasteiger partial charge on any atom is -0.357 e. The molecule has 0 unspecified atom stereocenters. The van der Waals surface area contributed by atoms with Crippen LogP contribution in [0.5, 0.6) is 0 Å². The van der Waals surface area contributed by atoms with Gasteiger partial charge < -0.3 is 10.6 Å². The summed E-state index contributed by atoms with van der Waals surface area (Å²) in [4.78, 5) is 7.00. The van der Waals surface area contributed by atoms with Crippen molar-refractivity contribution in [2.24, 2.45) is 10.7 Å². The Bertz CT molecular complexity index is 362. The molecule has 0 atom stereocenters. The lowest BCUT2D eigenvalue weighted by atomic mass is 10.1. The largest absolute Gasteiger partial charge is 0.357 e. The lowest BCUT2D eigenvalue weighted by Gasteiger charge is -2.19. The molecule has 0 saturated carbocycles. The molecule has 0 aromatic rings. The fraction of sp³-hybridized carbons (Fsp3) is 0.870. The fourth-order valence-corrected chi connectivity index (χ4v) is 3.69. The number of hydrogen-bond donors (Lipinski definition) is 1. The van der Waals surface area contributed by atoms with Crippen molar-refractivity contribution < 1.29 is 0 Å². The van der Waals surface area contributed by atoms with Crippen molar-refractivity contribution in [2.75, 3.05) is 26.2 Å². The molecule has 0 bridgehead atoms. The van der Waals surface area contributed by atoms with E-state index in [1.807, 2.05) is 0 Å². The van der Waals surface area contributed by atoms with E-state index in [1.165, 1.54) is 95.7 Å². The van der Waals surface area contributed by atoms with Crippen molar-refractivity contribution in [2.45, 2.75) is 103 Å². The van der Waals surface area contributed by atoms with Gasteiger partial charge in [-0.2, -0.15) is 0 Å². The SMILES string of the molecule is CCCCCCCC/C=C\CCCCCCCCC1=NCCN1CCN. The second-order valence-electron chi connectivity index (χ2n) is 7.76. The Morgan fingerprint density at radius 2 is 1.42 bits per heavy atom. The van der Waals surface area contributed by atoms with Gasteiger partial charge in [-0.25, -0.2) is 0 Å². The molecule has 1 rings (SSSR count). The minimum atomic E-state index is 0.742. The summed E-state index contributed by atoms with van der Waals surface area (Å²) in [6, 6.07) is 0. The Morgan fingerprint density at radius 3 is 2.04 bits per heavy atom. The highest BCUT2D eigenvalue weighted by Crippen LogP contribution is 2.13. The van der Waals surface area contributed by atoms with Crippen LogP contribution >= 0.6 is 0 Å². The molecule has 1 aliphatic rings. The smallest absolute Gasteiger partial charge is 0.0990 e. The van der Waals surface area contributed by atoms with Crippen LogP contribution < -0.4 is 5.73 Å². The number of nitrogens with zero attached hydrogens (tertiary/aromatic N) is 2. The van der Waals surface area contributed by atoms with Gasteiger partial charge in [-0.1, -0.05) is 76.9 Å². The van der Waals surface area contributed by atoms with Crippen molar-refractivity contribution in [1.29, 1.82) is 0 Å². The number of nitrogens with two attached hydrogens (primary N) is 1. The first-order chi connectivity index (χ1) is 12.9. The van der Waals surface area contributed by atoms with Crippen LogP contribution in [0.3, 0.4) is 0 Å². The Hall–Kier alpha value is -0.830. The first-order valence-electron chi connectivity index (χ1n) is 11.5. The fourth-order valence-electron chi connectivity index (χ4n) is 3.69. The molecular formula is C23H45N3. The van der Waals surface area contributed by atoms with Crippen molar-refractivity contribution in [3.05, 3.63) is 12.2 Å². The second kappa shape index (κ2) is 17.6. The van der Waals surface area contributed by atoms with Gasteiger partial charge in [0.05, 0.1) is 12.4 Å². The van der Waals surface area contributed by atoms with Gasteiger partial charge in [0.2, 0.25) is 0 Å². The first kappa shape index (κ1) is 23.2. The Labute approximate surface area is 163 Å². The highest BCUT2D eigenvalue weighted by atomic mass is 15.2. The minimum absolute atomic E-state index is 0.742. The van der Waals surface area contributed by atoms with Crippen molar-refractivity contribution in [3.63, 3.8) is 0 Å². The lowest BCUT2D eigenvalue weighted by Crippen LogP contribution is -2.32. The van der Waals surface area contributed by atoms with Gasteiger partial charge in [-0.3, -0.25) is 4.99 Å². The number of aliphatic imine (C=N–C) groups is 1. The quantitative estimate of drug-likeness (QED) is 0.236. The highest BCUT2D eigenvalue weighted by Gasteiger charge is 2.14. The van der Waals surface area contributed by atoms with Crippen LogP contribution in [0, 0.1) is 0 Å². The van der Waals surface area contributed by atoms with Crippen molar-refractivity contribution in [1.82, 2.24) is 4.90 Å². The van der Waals surface area contributed by atoms with Crippen molar-refractivity contribution in [3.8, 4) is 0 Å². The Kier molecular flexibility index (Phi) is 15.7. The number of unbranched alkanes of at least 4 members (excludes halogenated alkanes) is 12. The molecule has 0 aromatic heterocycles. The molecule has 0 aliphatic carbocycles. The van der Waals surface area contributed by atoms with Crippen LogP contribution in [0.4, 0.5) is 0 Å². The third kappa shape index (κ3) is 12.5. The van der Waals surface area contributed by atoms with E-state index in [2.05, 4.69) is 29.0 Å². The average Bonchev–Trinajstić information content (AvgIpc) is 3.09.